The van der Waals surface area contributed by atoms with Crippen molar-refractivity contribution in [2.75, 3.05) is 46.0 Å². The minimum absolute atomic E-state index is 0.0931. The van der Waals surface area contributed by atoms with Crippen LogP contribution in [-0.4, -0.2) is 74.2 Å². The Bertz CT molecular complexity index is 325. The summed E-state index contributed by atoms with van der Waals surface area (Å²) in [5, 5.41) is 12.2. The van der Waals surface area contributed by atoms with E-state index in [0.717, 1.165) is 58.1 Å². The highest BCUT2D eigenvalue weighted by Crippen LogP contribution is 2.17. The van der Waals surface area contributed by atoms with Gasteiger partial charge in [0.15, 0.2) is 5.96 Å². The summed E-state index contributed by atoms with van der Waals surface area (Å²) in [6.45, 7) is 6.99. The third kappa shape index (κ3) is 5.74. The largest absolute Gasteiger partial charge is 0.394 e. The van der Waals surface area contributed by atoms with E-state index < -0.39 is 0 Å². The van der Waals surface area contributed by atoms with Crippen LogP contribution in [0.25, 0.3) is 0 Å². The Morgan fingerprint density at radius 3 is 2.77 bits per heavy atom. The highest BCUT2D eigenvalue weighted by atomic mass is 16.5. The topological polar surface area (TPSA) is 66.3 Å². The Kier molecular flexibility index (Phi) is 7.98. The smallest absolute Gasteiger partial charge is 0.193 e. The number of hydrogen-bond acceptors (Lipinski definition) is 4. The second-order valence-electron chi connectivity index (χ2n) is 5.97. The van der Waals surface area contributed by atoms with Gasteiger partial charge in [0.1, 0.15) is 0 Å². The van der Waals surface area contributed by atoms with E-state index in [1.807, 2.05) is 0 Å². The van der Waals surface area contributed by atoms with Crippen LogP contribution >= 0.6 is 0 Å². The van der Waals surface area contributed by atoms with Crippen LogP contribution in [0, 0.1) is 0 Å². The highest BCUT2D eigenvalue weighted by Gasteiger charge is 2.23. The number of ether oxygens (including phenoxy) is 2. The SMILES string of the molecule is CCNC(=NCCO)N1CCC(OCC2CCCCO2)CC1. The number of nitrogens with zero attached hydrogens (tertiary/aromatic N) is 2. The number of aliphatic imine (C=N–C) groups is 1. The van der Waals surface area contributed by atoms with Gasteiger partial charge in [-0.2, -0.15) is 0 Å². The van der Waals surface area contributed by atoms with Crippen LogP contribution in [0.3, 0.4) is 0 Å². The van der Waals surface area contributed by atoms with Crippen molar-refractivity contribution in [3.8, 4) is 0 Å². The predicted molar refractivity (Wildman–Crippen MR) is 87.2 cm³/mol. The van der Waals surface area contributed by atoms with Crippen LogP contribution in [0.4, 0.5) is 0 Å². The van der Waals surface area contributed by atoms with E-state index in [1.54, 1.807) is 0 Å². The van der Waals surface area contributed by atoms with Crippen LogP contribution in [0.1, 0.15) is 39.0 Å². The van der Waals surface area contributed by atoms with E-state index in [9.17, 15) is 0 Å². The molecule has 2 N–H and O–H groups in total. The van der Waals surface area contributed by atoms with Crippen molar-refractivity contribution in [1.29, 1.82) is 0 Å². The van der Waals surface area contributed by atoms with Gasteiger partial charge in [-0.1, -0.05) is 0 Å². The lowest BCUT2D eigenvalue weighted by Crippen LogP contribution is -2.47. The summed E-state index contributed by atoms with van der Waals surface area (Å²) in [4.78, 5) is 6.68. The van der Waals surface area contributed by atoms with E-state index in [1.165, 1.54) is 12.8 Å². The van der Waals surface area contributed by atoms with E-state index in [2.05, 4.69) is 22.1 Å². The number of rotatable bonds is 6. The van der Waals surface area contributed by atoms with Crippen molar-refractivity contribution in [3.63, 3.8) is 0 Å². The lowest BCUT2D eigenvalue weighted by molar-refractivity contribution is -0.0721. The van der Waals surface area contributed by atoms with Crippen LogP contribution in [-0.2, 0) is 9.47 Å². The number of piperidine rings is 1. The van der Waals surface area contributed by atoms with Crippen molar-refractivity contribution in [3.05, 3.63) is 0 Å². The number of guanidine groups is 1. The lowest BCUT2D eigenvalue weighted by atomic mass is 10.1. The average Bonchev–Trinajstić information content (AvgIpc) is 2.58. The minimum atomic E-state index is 0.0931. The molecule has 0 spiro atoms. The molecule has 0 aromatic rings. The molecule has 6 heteroatoms. The average molecular weight is 313 g/mol. The molecule has 1 unspecified atom stereocenters. The van der Waals surface area contributed by atoms with Gasteiger partial charge in [-0.15, -0.1) is 0 Å². The molecule has 128 valence electrons. The maximum Gasteiger partial charge on any atom is 0.193 e. The van der Waals surface area contributed by atoms with Crippen molar-refractivity contribution < 1.29 is 14.6 Å². The molecule has 2 rings (SSSR count). The second kappa shape index (κ2) is 10.0. The summed E-state index contributed by atoms with van der Waals surface area (Å²) >= 11 is 0. The number of aliphatic hydroxyl groups excluding tert-OH is 1. The molecule has 2 aliphatic heterocycles. The van der Waals surface area contributed by atoms with Crippen LogP contribution in [0.5, 0.6) is 0 Å². The van der Waals surface area contributed by atoms with Crippen molar-refractivity contribution >= 4 is 5.96 Å². The van der Waals surface area contributed by atoms with Crippen LogP contribution in [0.2, 0.25) is 0 Å². The fourth-order valence-corrected chi connectivity index (χ4v) is 3.00. The van der Waals surface area contributed by atoms with Crippen molar-refractivity contribution in [2.24, 2.45) is 4.99 Å². The number of aliphatic hydroxyl groups is 1. The molecule has 2 heterocycles. The van der Waals surface area contributed by atoms with E-state index >= 15 is 0 Å². The standard InChI is InChI=1S/C16H31N3O3/c1-2-17-16(18-8-11-20)19-9-6-14(7-10-19)22-13-15-5-3-4-12-21-15/h14-15,20H,2-13H2,1H3,(H,17,18). The maximum absolute atomic E-state index is 8.93. The van der Waals surface area contributed by atoms with Crippen LogP contribution in [0.15, 0.2) is 4.99 Å². The first-order valence-corrected chi connectivity index (χ1v) is 8.70. The third-order valence-electron chi connectivity index (χ3n) is 4.23. The minimum Gasteiger partial charge on any atom is -0.394 e. The van der Waals surface area contributed by atoms with Gasteiger partial charge in [0, 0.05) is 26.2 Å². The molecular weight excluding hydrogens is 282 g/mol. The molecule has 0 aliphatic carbocycles. The number of hydrogen-bond donors (Lipinski definition) is 2. The zero-order valence-electron chi connectivity index (χ0n) is 13.8. The number of nitrogens with one attached hydrogen (secondary N) is 1. The van der Waals surface area contributed by atoms with Gasteiger partial charge in [0.25, 0.3) is 0 Å². The van der Waals surface area contributed by atoms with Gasteiger partial charge in [-0.3, -0.25) is 4.99 Å². The molecule has 6 nitrogen and oxygen atoms in total. The first-order chi connectivity index (χ1) is 10.8. The van der Waals surface area contributed by atoms with Crippen molar-refractivity contribution in [1.82, 2.24) is 10.2 Å². The Morgan fingerprint density at radius 2 is 2.14 bits per heavy atom. The Labute approximate surface area is 133 Å². The lowest BCUT2D eigenvalue weighted by Gasteiger charge is -2.35. The molecule has 0 bridgehead atoms. The normalized spacial score (nSPS) is 24.5. The zero-order chi connectivity index (χ0) is 15.6. The molecule has 0 aromatic carbocycles. The van der Waals surface area contributed by atoms with Gasteiger partial charge in [0.2, 0.25) is 0 Å². The van der Waals surface area contributed by atoms with Gasteiger partial charge in [-0.25, -0.2) is 0 Å². The summed E-state index contributed by atoms with van der Waals surface area (Å²) in [7, 11) is 0. The molecule has 2 aliphatic rings. The predicted octanol–water partition coefficient (Wildman–Crippen LogP) is 0.994. The molecule has 22 heavy (non-hydrogen) atoms. The third-order valence-corrected chi connectivity index (χ3v) is 4.23. The Balaban J connectivity index is 1.69. The molecule has 0 radical (unpaired) electrons. The maximum atomic E-state index is 8.93. The molecule has 0 amide bonds. The first-order valence-electron chi connectivity index (χ1n) is 8.70. The number of likely N-dealkylation sites (tertiary alicyclic amines) is 1. The van der Waals surface area contributed by atoms with Gasteiger partial charge >= 0.3 is 0 Å². The zero-order valence-corrected chi connectivity index (χ0v) is 13.8. The van der Waals surface area contributed by atoms with E-state index in [4.69, 9.17) is 14.6 Å². The fourth-order valence-electron chi connectivity index (χ4n) is 3.00. The van der Waals surface area contributed by atoms with Gasteiger partial charge in [-0.05, 0) is 39.0 Å². The molecule has 1 atom stereocenters. The van der Waals surface area contributed by atoms with Crippen molar-refractivity contribution in [2.45, 2.75) is 51.2 Å². The quantitative estimate of drug-likeness (QED) is 0.565. The molecule has 0 aromatic heterocycles. The second-order valence-corrected chi connectivity index (χ2v) is 5.97. The Hall–Kier alpha value is -0.850. The van der Waals surface area contributed by atoms with E-state index in [0.29, 0.717) is 18.8 Å². The molecular formula is C16H31N3O3. The van der Waals surface area contributed by atoms with Gasteiger partial charge < -0.3 is 24.8 Å². The molecule has 2 saturated heterocycles. The van der Waals surface area contributed by atoms with E-state index in [-0.39, 0.29) is 6.61 Å². The summed E-state index contributed by atoms with van der Waals surface area (Å²) in [6, 6.07) is 0. The fraction of sp³-hybridized carbons (Fsp3) is 0.938. The Morgan fingerprint density at radius 1 is 1.32 bits per heavy atom. The summed E-state index contributed by atoms with van der Waals surface area (Å²) in [5.41, 5.74) is 0. The summed E-state index contributed by atoms with van der Waals surface area (Å²) < 4.78 is 11.8. The van der Waals surface area contributed by atoms with Gasteiger partial charge in [0.05, 0.1) is 32.0 Å². The molecule has 0 saturated carbocycles. The van der Waals surface area contributed by atoms with Crippen LogP contribution < -0.4 is 5.32 Å². The summed E-state index contributed by atoms with van der Waals surface area (Å²) in [6.07, 6.45) is 6.27. The molecule has 2 fully saturated rings. The summed E-state index contributed by atoms with van der Waals surface area (Å²) in [5.74, 6) is 0.908. The highest BCUT2D eigenvalue weighted by molar-refractivity contribution is 5.80. The first kappa shape index (κ1) is 17.5. The monoisotopic (exact) mass is 313 g/mol.